The van der Waals surface area contributed by atoms with Gasteiger partial charge in [0.05, 0.1) is 24.9 Å². The van der Waals surface area contributed by atoms with Gasteiger partial charge < -0.3 is 24.6 Å². The summed E-state index contributed by atoms with van der Waals surface area (Å²) in [5.74, 6) is 0.435. The molecule has 0 radical (unpaired) electrons. The summed E-state index contributed by atoms with van der Waals surface area (Å²) in [6.45, 7) is 3.64. The van der Waals surface area contributed by atoms with Crippen LogP contribution in [-0.4, -0.2) is 65.8 Å². The van der Waals surface area contributed by atoms with Crippen molar-refractivity contribution in [1.82, 2.24) is 4.90 Å². The van der Waals surface area contributed by atoms with E-state index in [0.717, 1.165) is 38.9 Å². The lowest BCUT2D eigenvalue weighted by atomic mass is 9.82. The Morgan fingerprint density at radius 3 is 2.54 bits per heavy atom. The van der Waals surface area contributed by atoms with E-state index >= 15 is 0 Å². The molecule has 0 saturated carbocycles. The second-order valence-corrected chi connectivity index (χ2v) is 6.83. The molecule has 1 spiro atoms. The fourth-order valence-corrected chi connectivity index (χ4v) is 3.49. The van der Waals surface area contributed by atoms with Gasteiger partial charge in [-0.2, -0.15) is 0 Å². The smallest absolute Gasteiger partial charge is 0.123 e. The van der Waals surface area contributed by atoms with E-state index in [1.807, 2.05) is 0 Å². The quantitative estimate of drug-likeness (QED) is 0.798. The molecule has 2 saturated heterocycles. The fourth-order valence-electron chi connectivity index (χ4n) is 3.49. The third-order valence-corrected chi connectivity index (χ3v) is 5.05. The molecular formula is C18H26FNO4. The van der Waals surface area contributed by atoms with Crippen LogP contribution in [0.1, 0.15) is 25.7 Å². The maximum absolute atomic E-state index is 12.8. The molecule has 2 aliphatic heterocycles. The minimum absolute atomic E-state index is 0.229. The first-order valence-corrected chi connectivity index (χ1v) is 8.67. The van der Waals surface area contributed by atoms with Crippen molar-refractivity contribution in [2.24, 2.45) is 0 Å². The number of aliphatic hydroxyl groups excluding tert-OH is 2. The number of ether oxygens (including phenoxy) is 2. The van der Waals surface area contributed by atoms with Gasteiger partial charge in [0.15, 0.2) is 0 Å². The molecule has 0 amide bonds. The van der Waals surface area contributed by atoms with Crippen LogP contribution < -0.4 is 4.74 Å². The zero-order valence-electron chi connectivity index (χ0n) is 13.9. The average Bonchev–Trinajstić information content (AvgIpc) is 2.59. The van der Waals surface area contributed by atoms with Crippen LogP contribution in [0.5, 0.6) is 5.75 Å². The van der Waals surface area contributed by atoms with Gasteiger partial charge in [0, 0.05) is 26.1 Å². The van der Waals surface area contributed by atoms with Gasteiger partial charge in [-0.1, -0.05) is 0 Å². The van der Waals surface area contributed by atoms with Gasteiger partial charge in [-0.3, -0.25) is 0 Å². The van der Waals surface area contributed by atoms with E-state index in [1.165, 1.54) is 12.1 Å². The normalized spacial score (nSPS) is 27.3. The molecular weight excluding hydrogens is 313 g/mol. The van der Waals surface area contributed by atoms with Gasteiger partial charge >= 0.3 is 0 Å². The number of hydrogen-bond acceptors (Lipinski definition) is 5. The first-order chi connectivity index (χ1) is 11.6. The van der Waals surface area contributed by atoms with Gasteiger partial charge in [-0.25, -0.2) is 4.39 Å². The Kier molecular flexibility index (Phi) is 5.71. The third kappa shape index (κ3) is 4.45. The highest BCUT2D eigenvalue weighted by atomic mass is 19.1. The van der Waals surface area contributed by atoms with Crippen molar-refractivity contribution in [3.05, 3.63) is 30.1 Å². The molecule has 24 heavy (non-hydrogen) atoms. The van der Waals surface area contributed by atoms with Crippen molar-refractivity contribution in [2.45, 2.75) is 43.5 Å². The monoisotopic (exact) mass is 339 g/mol. The Morgan fingerprint density at radius 1 is 1.17 bits per heavy atom. The second-order valence-electron chi connectivity index (χ2n) is 6.83. The number of hydrogen-bond donors (Lipinski definition) is 2. The maximum Gasteiger partial charge on any atom is 0.123 e. The highest BCUT2D eigenvalue weighted by Crippen LogP contribution is 2.35. The number of rotatable bonds is 5. The van der Waals surface area contributed by atoms with Gasteiger partial charge in [0.25, 0.3) is 0 Å². The summed E-state index contributed by atoms with van der Waals surface area (Å²) in [5, 5.41) is 19.5. The van der Waals surface area contributed by atoms with E-state index in [4.69, 9.17) is 9.47 Å². The minimum atomic E-state index is -0.753. The Morgan fingerprint density at radius 2 is 1.88 bits per heavy atom. The number of benzene rings is 1. The van der Waals surface area contributed by atoms with Crippen molar-refractivity contribution in [3.8, 4) is 5.75 Å². The van der Waals surface area contributed by atoms with Gasteiger partial charge in [-0.15, -0.1) is 0 Å². The summed E-state index contributed by atoms with van der Waals surface area (Å²) in [4.78, 5) is 2.38. The van der Waals surface area contributed by atoms with Crippen molar-refractivity contribution >= 4 is 0 Å². The Hall–Kier alpha value is -1.21. The first-order valence-electron chi connectivity index (χ1n) is 8.67. The molecule has 0 bridgehead atoms. The highest BCUT2D eigenvalue weighted by molar-refractivity contribution is 5.21. The molecule has 5 nitrogen and oxygen atoms in total. The van der Waals surface area contributed by atoms with Crippen LogP contribution in [0.4, 0.5) is 4.39 Å². The molecule has 1 aromatic rings. The van der Waals surface area contributed by atoms with Crippen LogP contribution in [0.15, 0.2) is 24.3 Å². The molecule has 0 aliphatic carbocycles. The SMILES string of the molecule is O[C@@H]1CC2(CCN(CCCOc3ccc(F)cc3)CC2)OC[C@@H]1O. The summed E-state index contributed by atoms with van der Waals surface area (Å²) in [7, 11) is 0. The van der Waals surface area contributed by atoms with E-state index in [-0.39, 0.29) is 18.0 Å². The van der Waals surface area contributed by atoms with Crippen LogP contribution in [0.3, 0.4) is 0 Å². The largest absolute Gasteiger partial charge is 0.494 e. The summed E-state index contributed by atoms with van der Waals surface area (Å²) in [5.41, 5.74) is -0.264. The van der Waals surface area contributed by atoms with E-state index < -0.39 is 12.2 Å². The number of aliphatic hydroxyl groups is 2. The summed E-state index contributed by atoms with van der Waals surface area (Å²) >= 11 is 0. The topological polar surface area (TPSA) is 62.2 Å². The Labute approximate surface area is 142 Å². The van der Waals surface area contributed by atoms with E-state index in [0.29, 0.717) is 18.8 Å². The maximum atomic E-state index is 12.8. The molecule has 2 fully saturated rings. The van der Waals surface area contributed by atoms with E-state index in [9.17, 15) is 14.6 Å². The summed E-state index contributed by atoms with van der Waals surface area (Å²) in [6, 6.07) is 6.07. The summed E-state index contributed by atoms with van der Waals surface area (Å²) < 4.78 is 24.3. The molecule has 2 N–H and O–H groups in total. The number of likely N-dealkylation sites (tertiary alicyclic amines) is 1. The molecule has 1 aromatic carbocycles. The number of halogens is 1. The molecule has 0 aromatic heterocycles. The van der Waals surface area contributed by atoms with Crippen molar-refractivity contribution in [2.75, 3.05) is 32.8 Å². The van der Waals surface area contributed by atoms with E-state index in [2.05, 4.69) is 4.90 Å². The van der Waals surface area contributed by atoms with Crippen LogP contribution in [0, 0.1) is 5.82 Å². The lowest BCUT2D eigenvalue weighted by molar-refractivity contribution is -0.187. The zero-order valence-corrected chi connectivity index (χ0v) is 13.9. The predicted octanol–water partition coefficient (Wildman–Crippen LogP) is 1.57. The van der Waals surface area contributed by atoms with E-state index in [1.54, 1.807) is 12.1 Å². The van der Waals surface area contributed by atoms with Crippen molar-refractivity contribution in [3.63, 3.8) is 0 Å². The summed E-state index contributed by atoms with van der Waals surface area (Å²) in [6.07, 6.45) is 1.78. The molecule has 3 rings (SSSR count). The van der Waals surface area contributed by atoms with Crippen molar-refractivity contribution in [1.29, 1.82) is 0 Å². The predicted molar refractivity (Wildman–Crippen MR) is 87.5 cm³/mol. The standard InChI is InChI=1S/C18H26FNO4/c19-14-2-4-15(5-3-14)23-11-1-8-20-9-6-18(7-10-20)12-16(21)17(22)13-24-18/h2-5,16-17,21-22H,1,6-13H2/t16-,17+/m1/s1. The van der Waals surface area contributed by atoms with Crippen LogP contribution in [0.25, 0.3) is 0 Å². The lowest BCUT2D eigenvalue weighted by Crippen LogP contribution is -2.54. The lowest BCUT2D eigenvalue weighted by Gasteiger charge is -2.46. The Balaban J connectivity index is 1.34. The third-order valence-electron chi connectivity index (χ3n) is 5.05. The van der Waals surface area contributed by atoms with Gasteiger partial charge in [-0.05, 0) is 43.5 Å². The van der Waals surface area contributed by atoms with Crippen LogP contribution in [0.2, 0.25) is 0 Å². The molecule has 2 aliphatic rings. The van der Waals surface area contributed by atoms with Crippen molar-refractivity contribution < 1.29 is 24.1 Å². The number of nitrogens with zero attached hydrogens (tertiary/aromatic N) is 1. The molecule has 6 heteroatoms. The first kappa shape index (κ1) is 17.6. The molecule has 0 unspecified atom stereocenters. The zero-order chi connectivity index (χ0) is 17.0. The number of piperidine rings is 1. The highest BCUT2D eigenvalue weighted by Gasteiger charge is 2.42. The molecule has 2 heterocycles. The molecule has 134 valence electrons. The second kappa shape index (κ2) is 7.78. The minimum Gasteiger partial charge on any atom is -0.494 e. The van der Waals surface area contributed by atoms with Crippen LogP contribution >= 0.6 is 0 Å². The van der Waals surface area contributed by atoms with Gasteiger partial charge in [0.2, 0.25) is 0 Å². The van der Waals surface area contributed by atoms with Gasteiger partial charge in [0.1, 0.15) is 17.7 Å². The van der Waals surface area contributed by atoms with Crippen LogP contribution in [-0.2, 0) is 4.74 Å². The fraction of sp³-hybridized carbons (Fsp3) is 0.667. The molecule has 2 atom stereocenters. The average molecular weight is 339 g/mol. The Bertz CT molecular complexity index is 516.